The Morgan fingerprint density at radius 1 is 1.11 bits per heavy atom. The van der Waals surface area contributed by atoms with Gasteiger partial charge in [0.25, 0.3) is 0 Å². The summed E-state index contributed by atoms with van der Waals surface area (Å²) in [6.07, 6.45) is 0.880. The first-order valence-corrected chi connectivity index (χ1v) is 9.09. The van der Waals surface area contributed by atoms with Crippen LogP contribution < -0.4 is 10.1 Å². The molecule has 0 unspecified atom stereocenters. The number of hydrogen-bond acceptors (Lipinski definition) is 3. The summed E-state index contributed by atoms with van der Waals surface area (Å²) in [5, 5.41) is 3.97. The van der Waals surface area contributed by atoms with Crippen molar-refractivity contribution in [2.75, 3.05) is 6.54 Å². The minimum absolute atomic E-state index is 0.0686. The summed E-state index contributed by atoms with van der Waals surface area (Å²) in [5.41, 5.74) is 4.75. The zero-order valence-corrected chi connectivity index (χ0v) is 15.8. The number of ether oxygens (including phenoxy) is 1. The number of fused-ring (bicyclic) bond motifs is 1. The molecule has 0 aliphatic carbocycles. The first-order valence-electron chi connectivity index (χ1n) is 9.09. The second-order valence-corrected chi connectivity index (χ2v) is 6.62. The number of amides is 1. The Bertz CT molecular complexity index is 972. The predicted molar refractivity (Wildman–Crippen MR) is 105 cm³/mol. The monoisotopic (exact) mass is 384 g/mol. The van der Waals surface area contributed by atoms with E-state index in [2.05, 4.69) is 15.0 Å². The molecule has 28 heavy (non-hydrogen) atoms. The Hall–Kier alpha value is -3.02. The maximum atomic E-state index is 12.4. The lowest BCUT2D eigenvalue weighted by molar-refractivity contribution is -0.120. The molecular formula is C22H22F2N2O2. The van der Waals surface area contributed by atoms with Crippen molar-refractivity contribution in [3.05, 3.63) is 70.9 Å². The number of nitrogens with one attached hydrogen (secondary N) is 1. The van der Waals surface area contributed by atoms with Crippen LogP contribution in [0, 0.1) is 13.8 Å². The fourth-order valence-electron chi connectivity index (χ4n) is 3.24. The quantitative estimate of drug-likeness (QED) is 0.659. The fourth-order valence-corrected chi connectivity index (χ4v) is 3.24. The number of carbonyl (C=O) groups is 1. The first-order chi connectivity index (χ1) is 13.4. The van der Waals surface area contributed by atoms with Gasteiger partial charge in [-0.1, -0.05) is 30.3 Å². The number of carbonyl (C=O) groups excluding carboxylic acids is 1. The van der Waals surface area contributed by atoms with Crippen molar-refractivity contribution in [2.45, 2.75) is 33.3 Å². The molecule has 1 N–H and O–H groups in total. The van der Waals surface area contributed by atoms with Gasteiger partial charge in [-0.3, -0.25) is 9.78 Å². The number of rotatable bonds is 7. The van der Waals surface area contributed by atoms with Gasteiger partial charge in [0.2, 0.25) is 5.91 Å². The molecule has 6 heteroatoms. The molecule has 0 atom stereocenters. The van der Waals surface area contributed by atoms with Gasteiger partial charge in [-0.15, -0.1) is 0 Å². The molecule has 0 saturated heterocycles. The van der Waals surface area contributed by atoms with Gasteiger partial charge in [0, 0.05) is 17.6 Å². The molecule has 1 heterocycles. The molecular weight excluding hydrogens is 362 g/mol. The second kappa shape index (κ2) is 8.78. The third-order valence-electron chi connectivity index (χ3n) is 4.71. The first kappa shape index (κ1) is 19.7. The normalized spacial score (nSPS) is 11.0. The Labute approximate surface area is 162 Å². The number of para-hydroxylation sites is 1. The molecule has 0 spiro atoms. The Balaban J connectivity index is 1.57. The molecule has 2 aromatic carbocycles. The highest BCUT2D eigenvalue weighted by Crippen LogP contribution is 2.23. The summed E-state index contributed by atoms with van der Waals surface area (Å²) in [5.74, 6) is 0.0541. The molecule has 3 aromatic rings. The minimum atomic E-state index is -2.83. The SMILES string of the molecule is Cc1nc2ccccc2c(C)c1CC(=O)NCCc1ccc(OC(F)F)cc1. The van der Waals surface area contributed by atoms with Crippen LogP contribution in [0.5, 0.6) is 5.75 Å². The predicted octanol–water partition coefficient (Wildman–Crippen LogP) is 4.35. The number of hydrogen-bond donors (Lipinski definition) is 1. The third kappa shape index (κ3) is 4.82. The minimum Gasteiger partial charge on any atom is -0.435 e. The number of benzene rings is 2. The zero-order chi connectivity index (χ0) is 20.1. The van der Waals surface area contributed by atoms with Gasteiger partial charge < -0.3 is 10.1 Å². The van der Waals surface area contributed by atoms with E-state index >= 15 is 0 Å². The van der Waals surface area contributed by atoms with Gasteiger partial charge in [0.05, 0.1) is 11.9 Å². The van der Waals surface area contributed by atoms with E-state index in [1.54, 1.807) is 12.1 Å². The Kier molecular flexibility index (Phi) is 6.19. The van der Waals surface area contributed by atoms with Crippen molar-refractivity contribution < 1.29 is 18.3 Å². The molecule has 4 nitrogen and oxygen atoms in total. The molecule has 0 aliphatic heterocycles. The third-order valence-corrected chi connectivity index (χ3v) is 4.71. The van der Waals surface area contributed by atoms with Gasteiger partial charge in [-0.05, 0) is 55.2 Å². The molecule has 1 aromatic heterocycles. The van der Waals surface area contributed by atoms with Gasteiger partial charge in [0.15, 0.2) is 0 Å². The van der Waals surface area contributed by atoms with Crippen molar-refractivity contribution in [1.29, 1.82) is 0 Å². The van der Waals surface area contributed by atoms with Crippen LogP contribution in [0.15, 0.2) is 48.5 Å². The summed E-state index contributed by atoms with van der Waals surface area (Å²) in [4.78, 5) is 17.0. The maximum Gasteiger partial charge on any atom is 0.387 e. The van der Waals surface area contributed by atoms with Crippen LogP contribution >= 0.6 is 0 Å². The molecule has 0 saturated carbocycles. The second-order valence-electron chi connectivity index (χ2n) is 6.62. The highest BCUT2D eigenvalue weighted by Gasteiger charge is 2.12. The zero-order valence-electron chi connectivity index (χ0n) is 15.8. The van der Waals surface area contributed by atoms with E-state index in [-0.39, 0.29) is 18.1 Å². The largest absolute Gasteiger partial charge is 0.435 e. The fraction of sp³-hybridized carbons (Fsp3) is 0.273. The van der Waals surface area contributed by atoms with E-state index < -0.39 is 6.61 Å². The summed E-state index contributed by atoms with van der Waals surface area (Å²) in [7, 11) is 0. The molecule has 0 radical (unpaired) electrons. The lowest BCUT2D eigenvalue weighted by Crippen LogP contribution is -2.28. The van der Waals surface area contributed by atoms with Crippen LogP contribution in [0.1, 0.15) is 22.4 Å². The number of aromatic nitrogens is 1. The lowest BCUT2D eigenvalue weighted by atomic mass is 9.99. The summed E-state index contributed by atoms with van der Waals surface area (Å²) in [6.45, 7) is 1.57. The number of alkyl halides is 2. The highest BCUT2D eigenvalue weighted by molar-refractivity contribution is 5.86. The van der Waals surface area contributed by atoms with Crippen molar-refractivity contribution in [3.8, 4) is 5.75 Å². The Morgan fingerprint density at radius 3 is 2.54 bits per heavy atom. The van der Waals surface area contributed by atoms with Crippen LogP contribution in [-0.4, -0.2) is 24.0 Å². The molecule has 0 aliphatic rings. The topological polar surface area (TPSA) is 51.2 Å². The Morgan fingerprint density at radius 2 is 1.82 bits per heavy atom. The average molecular weight is 384 g/mol. The van der Waals surface area contributed by atoms with E-state index in [1.165, 1.54) is 12.1 Å². The van der Waals surface area contributed by atoms with E-state index in [0.717, 1.165) is 33.3 Å². The number of aryl methyl sites for hydroxylation is 2. The van der Waals surface area contributed by atoms with Crippen molar-refractivity contribution in [2.24, 2.45) is 0 Å². The number of halogens is 2. The number of pyridine rings is 1. The standard InChI is InChI=1S/C22H22F2N2O2/c1-14-18-5-3-4-6-20(18)26-15(2)19(14)13-21(27)25-12-11-16-7-9-17(10-8-16)28-22(23)24/h3-10,22H,11-13H2,1-2H3,(H,25,27). The van der Waals surface area contributed by atoms with Crippen molar-refractivity contribution in [3.63, 3.8) is 0 Å². The van der Waals surface area contributed by atoms with Gasteiger partial charge in [-0.2, -0.15) is 8.78 Å². The van der Waals surface area contributed by atoms with Gasteiger partial charge in [0.1, 0.15) is 5.75 Å². The van der Waals surface area contributed by atoms with Gasteiger partial charge in [-0.25, -0.2) is 0 Å². The molecule has 0 fully saturated rings. The van der Waals surface area contributed by atoms with Crippen LogP contribution in [-0.2, 0) is 17.6 Å². The van der Waals surface area contributed by atoms with Crippen LogP contribution in [0.25, 0.3) is 10.9 Å². The molecule has 3 rings (SSSR count). The van der Waals surface area contributed by atoms with E-state index in [4.69, 9.17) is 0 Å². The molecule has 1 amide bonds. The lowest BCUT2D eigenvalue weighted by Gasteiger charge is -2.13. The number of nitrogens with zero attached hydrogens (tertiary/aromatic N) is 1. The van der Waals surface area contributed by atoms with E-state index in [0.29, 0.717) is 13.0 Å². The van der Waals surface area contributed by atoms with E-state index in [1.807, 2.05) is 38.1 Å². The van der Waals surface area contributed by atoms with Crippen LogP contribution in [0.2, 0.25) is 0 Å². The average Bonchev–Trinajstić information content (AvgIpc) is 2.66. The smallest absolute Gasteiger partial charge is 0.387 e. The summed E-state index contributed by atoms with van der Waals surface area (Å²) < 4.78 is 28.6. The van der Waals surface area contributed by atoms with Crippen molar-refractivity contribution in [1.82, 2.24) is 10.3 Å². The van der Waals surface area contributed by atoms with E-state index in [9.17, 15) is 13.6 Å². The van der Waals surface area contributed by atoms with Crippen LogP contribution in [0.3, 0.4) is 0 Å². The molecule has 0 bridgehead atoms. The summed E-state index contributed by atoms with van der Waals surface area (Å²) >= 11 is 0. The maximum absolute atomic E-state index is 12.4. The van der Waals surface area contributed by atoms with Crippen LogP contribution in [0.4, 0.5) is 8.78 Å². The highest BCUT2D eigenvalue weighted by atomic mass is 19.3. The molecule has 146 valence electrons. The van der Waals surface area contributed by atoms with Crippen molar-refractivity contribution >= 4 is 16.8 Å². The van der Waals surface area contributed by atoms with Gasteiger partial charge >= 0.3 is 6.61 Å². The summed E-state index contributed by atoms with van der Waals surface area (Å²) in [6, 6.07) is 14.3.